The molecule has 0 atom stereocenters. The van der Waals surface area contributed by atoms with Crippen LogP contribution in [0.5, 0.6) is 0 Å². The number of amides is 2. The number of nitrogens with zero attached hydrogens (tertiary/aromatic N) is 3. The van der Waals surface area contributed by atoms with E-state index < -0.39 is 5.91 Å². The largest absolute Gasteiger partial charge is 0.365 e. The number of aryl methyl sites for hydroxylation is 1. The Labute approximate surface area is 171 Å². The number of primary amides is 1. The number of rotatable bonds is 7. The van der Waals surface area contributed by atoms with Crippen LogP contribution in [-0.2, 0) is 17.6 Å². The van der Waals surface area contributed by atoms with Crippen LogP contribution in [0.15, 0.2) is 5.16 Å². The minimum absolute atomic E-state index is 0.135. The van der Waals surface area contributed by atoms with Crippen molar-refractivity contribution in [3.63, 3.8) is 0 Å². The second kappa shape index (κ2) is 7.18. The van der Waals surface area contributed by atoms with Crippen molar-refractivity contribution in [2.24, 2.45) is 5.73 Å². The molecule has 3 aliphatic carbocycles. The summed E-state index contributed by atoms with van der Waals surface area (Å²) in [5.74, 6) is 1.30. The highest BCUT2D eigenvalue weighted by Gasteiger charge is 2.36. The van der Waals surface area contributed by atoms with E-state index in [1.54, 1.807) is 0 Å². The van der Waals surface area contributed by atoms with Gasteiger partial charge in [-0.25, -0.2) is 0 Å². The Kier molecular flexibility index (Phi) is 4.66. The fourth-order valence-electron chi connectivity index (χ4n) is 3.89. The number of carbonyl (C=O) groups excluding carboxylic acids is 2. The van der Waals surface area contributed by atoms with Gasteiger partial charge in [0.2, 0.25) is 5.91 Å². The third-order valence-corrected chi connectivity index (χ3v) is 7.70. The Hall–Kier alpha value is -1.87. The van der Waals surface area contributed by atoms with Gasteiger partial charge in [0.25, 0.3) is 5.91 Å². The number of nitrogens with one attached hydrogen (secondary N) is 1. The number of carbonyl (C=O) groups is 2. The first-order valence-corrected chi connectivity index (χ1v) is 11.7. The molecule has 148 valence electrons. The van der Waals surface area contributed by atoms with E-state index in [1.807, 2.05) is 0 Å². The summed E-state index contributed by atoms with van der Waals surface area (Å²) in [6.07, 6.45) is 8.72. The summed E-state index contributed by atoms with van der Waals surface area (Å²) in [7, 11) is 0. The molecule has 3 N–H and O–H groups in total. The highest BCUT2D eigenvalue weighted by Crippen LogP contribution is 2.46. The van der Waals surface area contributed by atoms with Gasteiger partial charge < -0.3 is 15.6 Å². The van der Waals surface area contributed by atoms with Crippen LogP contribution in [0.2, 0.25) is 0 Å². The summed E-state index contributed by atoms with van der Waals surface area (Å²) >= 11 is 2.92. The van der Waals surface area contributed by atoms with E-state index in [0.717, 1.165) is 42.2 Å². The molecule has 0 radical (unpaired) electrons. The lowest BCUT2D eigenvalue weighted by atomic mass is 9.95. The van der Waals surface area contributed by atoms with Crippen LogP contribution >= 0.6 is 23.1 Å². The summed E-state index contributed by atoms with van der Waals surface area (Å²) in [5.41, 5.74) is 7.16. The van der Waals surface area contributed by atoms with E-state index in [-0.39, 0.29) is 11.7 Å². The van der Waals surface area contributed by atoms with Crippen molar-refractivity contribution in [3.8, 4) is 0 Å². The van der Waals surface area contributed by atoms with Gasteiger partial charge in [0.05, 0.1) is 11.3 Å². The van der Waals surface area contributed by atoms with Gasteiger partial charge in [-0.05, 0) is 56.9 Å². The first kappa shape index (κ1) is 18.2. The van der Waals surface area contributed by atoms with Crippen LogP contribution in [0.4, 0.5) is 5.00 Å². The first-order chi connectivity index (χ1) is 13.6. The Morgan fingerprint density at radius 3 is 2.68 bits per heavy atom. The molecule has 0 aromatic carbocycles. The van der Waals surface area contributed by atoms with Crippen molar-refractivity contribution in [1.82, 2.24) is 14.8 Å². The Balaban J connectivity index is 1.29. The van der Waals surface area contributed by atoms with Crippen molar-refractivity contribution >= 4 is 39.9 Å². The van der Waals surface area contributed by atoms with Crippen molar-refractivity contribution in [2.75, 3.05) is 11.1 Å². The molecule has 2 aromatic rings. The highest BCUT2D eigenvalue weighted by molar-refractivity contribution is 7.99. The summed E-state index contributed by atoms with van der Waals surface area (Å²) in [4.78, 5) is 25.7. The standard InChI is InChI=1S/C19H23N5O2S2/c20-16(26)15-12-3-1-2-4-13(12)28-18(15)21-14(25)9-27-19-23-22-17(10-5-6-10)24(19)11-7-8-11/h10-11H,1-9H2,(H2,20,26)(H,21,25). The smallest absolute Gasteiger partial charge is 0.251 e. The highest BCUT2D eigenvalue weighted by atomic mass is 32.2. The molecule has 9 heteroatoms. The first-order valence-electron chi connectivity index (χ1n) is 9.93. The number of hydrogen-bond acceptors (Lipinski definition) is 6. The zero-order valence-electron chi connectivity index (χ0n) is 15.6. The van der Waals surface area contributed by atoms with Gasteiger partial charge in [0.15, 0.2) is 5.16 Å². The minimum Gasteiger partial charge on any atom is -0.365 e. The topological polar surface area (TPSA) is 103 Å². The minimum atomic E-state index is -0.454. The predicted octanol–water partition coefficient (Wildman–Crippen LogP) is 3.26. The van der Waals surface area contributed by atoms with E-state index in [0.29, 0.717) is 22.5 Å². The monoisotopic (exact) mass is 417 g/mol. The zero-order valence-corrected chi connectivity index (χ0v) is 17.2. The van der Waals surface area contributed by atoms with Crippen LogP contribution < -0.4 is 11.1 Å². The third-order valence-electron chi connectivity index (χ3n) is 5.55. The summed E-state index contributed by atoms with van der Waals surface area (Å²) in [6, 6.07) is 0.502. The van der Waals surface area contributed by atoms with Gasteiger partial charge in [-0.15, -0.1) is 21.5 Å². The summed E-state index contributed by atoms with van der Waals surface area (Å²) in [6.45, 7) is 0. The van der Waals surface area contributed by atoms with Crippen molar-refractivity contribution in [3.05, 3.63) is 21.8 Å². The molecule has 2 amide bonds. The summed E-state index contributed by atoms with van der Waals surface area (Å²) < 4.78 is 2.24. The second-order valence-electron chi connectivity index (χ2n) is 7.83. The molecule has 0 spiro atoms. The molecule has 7 nitrogen and oxygen atoms in total. The van der Waals surface area contributed by atoms with Crippen LogP contribution in [-0.4, -0.2) is 32.3 Å². The fraction of sp³-hybridized carbons (Fsp3) is 0.579. The van der Waals surface area contributed by atoms with Gasteiger partial charge in [-0.2, -0.15) is 0 Å². The average molecular weight is 418 g/mol. The lowest BCUT2D eigenvalue weighted by molar-refractivity contribution is -0.113. The van der Waals surface area contributed by atoms with E-state index in [4.69, 9.17) is 5.73 Å². The lowest BCUT2D eigenvalue weighted by Crippen LogP contribution is -2.19. The Morgan fingerprint density at radius 2 is 1.96 bits per heavy atom. The van der Waals surface area contributed by atoms with Gasteiger partial charge >= 0.3 is 0 Å². The SMILES string of the molecule is NC(=O)c1c(NC(=O)CSc2nnc(C3CC3)n2C2CC2)sc2c1CCCC2. The molecular formula is C19H23N5O2S2. The molecule has 0 aliphatic heterocycles. The maximum Gasteiger partial charge on any atom is 0.251 e. The Bertz CT molecular complexity index is 943. The number of thiophene rings is 1. The maximum atomic E-state index is 12.6. The third kappa shape index (κ3) is 3.45. The molecule has 2 aromatic heterocycles. The molecule has 0 bridgehead atoms. The maximum absolute atomic E-state index is 12.6. The van der Waals surface area contributed by atoms with Crippen LogP contribution in [0.25, 0.3) is 0 Å². The van der Waals surface area contributed by atoms with Crippen LogP contribution in [0.1, 0.15) is 77.1 Å². The van der Waals surface area contributed by atoms with Crippen molar-refractivity contribution in [1.29, 1.82) is 0 Å². The number of aromatic nitrogens is 3. The molecule has 3 aliphatic rings. The van der Waals surface area contributed by atoms with Gasteiger partial charge in [0, 0.05) is 16.8 Å². The van der Waals surface area contributed by atoms with E-state index >= 15 is 0 Å². The van der Waals surface area contributed by atoms with Crippen LogP contribution in [0.3, 0.4) is 0 Å². The van der Waals surface area contributed by atoms with Crippen molar-refractivity contribution in [2.45, 2.75) is 68.5 Å². The fourth-order valence-corrected chi connectivity index (χ4v) is 6.01. The molecule has 28 heavy (non-hydrogen) atoms. The number of fused-ring (bicyclic) bond motifs is 1. The van der Waals surface area contributed by atoms with Crippen molar-refractivity contribution < 1.29 is 9.59 Å². The molecule has 2 heterocycles. The van der Waals surface area contributed by atoms with Gasteiger partial charge in [-0.1, -0.05) is 11.8 Å². The number of anilines is 1. The molecule has 2 fully saturated rings. The van der Waals surface area contributed by atoms with Crippen LogP contribution in [0, 0.1) is 0 Å². The average Bonchev–Trinajstić information content (AvgIpc) is 3.60. The molecule has 0 saturated heterocycles. The molecule has 2 saturated carbocycles. The van der Waals surface area contributed by atoms with E-state index in [1.165, 1.54) is 53.7 Å². The lowest BCUT2D eigenvalue weighted by Gasteiger charge is -2.11. The number of hydrogen-bond donors (Lipinski definition) is 2. The van der Waals surface area contributed by atoms with E-state index in [9.17, 15) is 9.59 Å². The normalized spacial score (nSPS) is 18.7. The predicted molar refractivity (Wildman–Crippen MR) is 109 cm³/mol. The van der Waals surface area contributed by atoms with E-state index in [2.05, 4.69) is 20.1 Å². The number of thioether (sulfide) groups is 1. The zero-order chi connectivity index (χ0) is 19.3. The molecular weight excluding hydrogens is 394 g/mol. The Morgan fingerprint density at radius 1 is 1.18 bits per heavy atom. The quantitative estimate of drug-likeness (QED) is 0.673. The van der Waals surface area contributed by atoms with Gasteiger partial charge in [0.1, 0.15) is 10.8 Å². The van der Waals surface area contributed by atoms with Gasteiger partial charge in [-0.3, -0.25) is 9.59 Å². The summed E-state index contributed by atoms with van der Waals surface area (Å²) in [5, 5.41) is 13.1. The molecule has 5 rings (SSSR count). The number of nitrogens with two attached hydrogens (primary N) is 1. The second-order valence-corrected chi connectivity index (χ2v) is 9.88. The molecule has 0 unspecified atom stereocenters.